The predicted molar refractivity (Wildman–Crippen MR) is 61.8 cm³/mol. The molecule has 0 radical (unpaired) electrons. The van der Waals surface area contributed by atoms with Gasteiger partial charge in [0.2, 0.25) is 0 Å². The van der Waals surface area contributed by atoms with E-state index in [1.165, 1.54) is 0 Å². The molecule has 1 heterocycles. The van der Waals surface area contributed by atoms with E-state index in [9.17, 15) is 0 Å². The van der Waals surface area contributed by atoms with Gasteiger partial charge in [-0.1, -0.05) is 6.07 Å². The molecule has 0 amide bonds. The van der Waals surface area contributed by atoms with Crippen LogP contribution in [-0.4, -0.2) is 19.3 Å². The third kappa shape index (κ3) is 2.30. The number of ether oxygens (including phenoxy) is 2. The molecule has 14 heavy (non-hydrogen) atoms. The normalized spacial score (nSPS) is 19.5. The molecule has 4 heteroatoms. The van der Waals surface area contributed by atoms with Crippen LogP contribution in [0.15, 0.2) is 21.1 Å². The van der Waals surface area contributed by atoms with E-state index in [-0.39, 0.29) is 0 Å². The molecule has 76 valence electrons. The van der Waals surface area contributed by atoms with Crippen molar-refractivity contribution in [1.82, 2.24) is 0 Å². The van der Waals surface area contributed by atoms with Crippen molar-refractivity contribution in [3.05, 3.63) is 26.6 Å². The van der Waals surface area contributed by atoms with Crippen molar-refractivity contribution in [3.8, 4) is 5.75 Å². The van der Waals surface area contributed by atoms with Crippen LogP contribution in [0.25, 0.3) is 0 Å². The second-order valence-electron chi connectivity index (χ2n) is 3.27. The Hall–Kier alpha value is -0.0600. The molecule has 1 fully saturated rings. The highest BCUT2D eigenvalue weighted by molar-refractivity contribution is 9.13. The highest BCUT2D eigenvalue weighted by Crippen LogP contribution is 2.35. The predicted octanol–water partition coefficient (Wildman–Crippen LogP) is 3.30. The molecule has 0 N–H and O–H groups in total. The van der Waals surface area contributed by atoms with Crippen LogP contribution in [0.4, 0.5) is 0 Å². The molecule has 2 rings (SSSR count). The van der Waals surface area contributed by atoms with E-state index in [1.807, 2.05) is 19.1 Å². The summed E-state index contributed by atoms with van der Waals surface area (Å²) in [5, 5.41) is 0. The number of benzene rings is 1. The zero-order valence-corrected chi connectivity index (χ0v) is 10.9. The van der Waals surface area contributed by atoms with E-state index in [2.05, 4.69) is 31.9 Å². The van der Waals surface area contributed by atoms with Gasteiger partial charge in [0.1, 0.15) is 18.5 Å². The van der Waals surface area contributed by atoms with E-state index >= 15 is 0 Å². The van der Waals surface area contributed by atoms with E-state index in [1.54, 1.807) is 0 Å². The van der Waals surface area contributed by atoms with Crippen LogP contribution in [-0.2, 0) is 4.74 Å². The summed E-state index contributed by atoms with van der Waals surface area (Å²) in [4.78, 5) is 0. The molecular formula is C10H10Br2O2. The molecule has 1 aromatic rings. The van der Waals surface area contributed by atoms with E-state index in [0.29, 0.717) is 12.7 Å². The van der Waals surface area contributed by atoms with E-state index in [0.717, 1.165) is 26.9 Å². The minimum Gasteiger partial charge on any atom is -0.489 e. The molecule has 1 aromatic carbocycles. The quantitative estimate of drug-likeness (QED) is 0.797. The zero-order valence-electron chi connectivity index (χ0n) is 7.72. The Morgan fingerprint density at radius 1 is 1.50 bits per heavy atom. The summed E-state index contributed by atoms with van der Waals surface area (Å²) in [5.74, 6) is 0.898. The number of hydrogen-bond acceptors (Lipinski definition) is 2. The van der Waals surface area contributed by atoms with Gasteiger partial charge in [0.15, 0.2) is 0 Å². The Kier molecular flexibility index (Phi) is 3.14. The lowest BCUT2D eigenvalue weighted by Crippen LogP contribution is -2.05. The van der Waals surface area contributed by atoms with Crippen LogP contribution in [0.5, 0.6) is 5.75 Å². The van der Waals surface area contributed by atoms with Crippen LogP contribution in [0.1, 0.15) is 5.56 Å². The van der Waals surface area contributed by atoms with Crippen LogP contribution >= 0.6 is 31.9 Å². The number of aryl methyl sites for hydroxylation is 1. The highest BCUT2D eigenvalue weighted by Gasteiger charge is 2.24. The molecule has 1 aliphatic heterocycles. The van der Waals surface area contributed by atoms with Gasteiger partial charge in [-0.2, -0.15) is 0 Å². The van der Waals surface area contributed by atoms with Crippen molar-refractivity contribution in [2.75, 3.05) is 13.2 Å². The lowest BCUT2D eigenvalue weighted by atomic mass is 10.2. The largest absolute Gasteiger partial charge is 0.489 e. The first-order valence-corrected chi connectivity index (χ1v) is 5.96. The van der Waals surface area contributed by atoms with Gasteiger partial charge in [-0.05, 0) is 50.4 Å². The lowest BCUT2D eigenvalue weighted by molar-refractivity contribution is 0.260. The van der Waals surface area contributed by atoms with Gasteiger partial charge in [0.05, 0.1) is 11.1 Å². The summed E-state index contributed by atoms with van der Waals surface area (Å²) in [6, 6.07) is 4.03. The fourth-order valence-corrected chi connectivity index (χ4v) is 2.02. The van der Waals surface area contributed by atoms with Gasteiger partial charge in [-0.3, -0.25) is 0 Å². The summed E-state index contributed by atoms with van der Waals surface area (Å²) in [7, 11) is 0. The van der Waals surface area contributed by atoms with Crippen LogP contribution < -0.4 is 4.74 Å². The summed E-state index contributed by atoms with van der Waals surface area (Å²) >= 11 is 6.93. The first kappa shape index (κ1) is 10.5. The second-order valence-corrected chi connectivity index (χ2v) is 4.92. The van der Waals surface area contributed by atoms with Crippen LogP contribution in [0, 0.1) is 6.92 Å². The molecule has 1 saturated heterocycles. The van der Waals surface area contributed by atoms with Crippen LogP contribution in [0.3, 0.4) is 0 Å². The third-order valence-electron chi connectivity index (χ3n) is 2.06. The maximum atomic E-state index is 5.67. The summed E-state index contributed by atoms with van der Waals surface area (Å²) in [6.07, 6.45) is 0.292. The van der Waals surface area contributed by atoms with Gasteiger partial charge >= 0.3 is 0 Å². The van der Waals surface area contributed by atoms with Crippen molar-refractivity contribution in [3.63, 3.8) is 0 Å². The second kappa shape index (κ2) is 4.21. The summed E-state index contributed by atoms with van der Waals surface area (Å²) in [6.45, 7) is 3.49. The topological polar surface area (TPSA) is 21.8 Å². The number of halogens is 2. The van der Waals surface area contributed by atoms with Crippen molar-refractivity contribution in [1.29, 1.82) is 0 Å². The number of hydrogen-bond donors (Lipinski definition) is 0. The Morgan fingerprint density at radius 3 is 2.86 bits per heavy atom. The molecule has 1 unspecified atom stereocenters. The molecule has 0 spiro atoms. The van der Waals surface area contributed by atoms with Gasteiger partial charge in [-0.25, -0.2) is 0 Å². The molecule has 0 aliphatic carbocycles. The number of rotatable bonds is 3. The third-order valence-corrected chi connectivity index (χ3v) is 4.04. The maximum Gasteiger partial charge on any atom is 0.137 e. The SMILES string of the molecule is Cc1ccc(Br)c(Br)c1OCC1CO1. The monoisotopic (exact) mass is 320 g/mol. The average Bonchev–Trinajstić information content (AvgIpc) is 2.95. The minimum atomic E-state index is 0.292. The Morgan fingerprint density at radius 2 is 2.21 bits per heavy atom. The minimum absolute atomic E-state index is 0.292. The zero-order chi connectivity index (χ0) is 10.1. The lowest BCUT2D eigenvalue weighted by Gasteiger charge is -2.10. The molecular weight excluding hydrogens is 312 g/mol. The van der Waals surface area contributed by atoms with Crippen molar-refractivity contribution < 1.29 is 9.47 Å². The van der Waals surface area contributed by atoms with Gasteiger partial charge < -0.3 is 9.47 Å². The standard InChI is InChI=1S/C10H10Br2O2/c1-6-2-3-8(11)9(12)10(6)14-5-7-4-13-7/h2-3,7H,4-5H2,1H3. The maximum absolute atomic E-state index is 5.67. The van der Waals surface area contributed by atoms with E-state index < -0.39 is 0 Å². The van der Waals surface area contributed by atoms with Crippen molar-refractivity contribution >= 4 is 31.9 Å². The smallest absolute Gasteiger partial charge is 0.137 e. The first-order valence-electron chi connectivity index (χ1n) is 4.37. The molecule has 0 saturated carbocycles. The van der Waals surface area contributed by atoms with Gasteiger partial charge in [0, 0.05) is 4.47 Å². The highest BCUT2D eigenvalue weighted by atomic mass is 79.9. The Balaban J connectivity index is 2.16. The fraction of sp³-hybridized carbons (Fsp3) is 0.400. The number of epoxide rings is 1. The Bertz CT molecular complexity index is 348. The molecule has 0 aromatic heterocycles. The van der Waals surface area contributed by atoms with Gasteiger partial charge in [-0.15, -0.1) is 0 Å². The molecule has 0 bridgehead atoms. The summed E-state index contributed by atoms with van der Waals surface area (Å²) < 4.78 is 12.7. The molecule has 2 nitrogen and oxygen atoms in total. The van der Waals surface area contributed by atoms with Crippen LogP contribution in [0.2, 0.25) is 0 Å². The average molecular weight is 322 g/mol. The van der Waals surface area contributed by atoms with Crippen molar-refractivity contribution in [2.24, 2.45) is 0 Å². The Labute approximate surface area is 99.8 Å². The van der Waals surface area contributed by atoms with E-state index in [4.69, 9.17) is 9.47 Å². The summed E-state index contributed by atoms with van der Waals surface area (Å²) in [5.41, 5.74) is 1.13. The first-order chi connectivity index (χ1) is 6.68. The molecule has 1 aliphatic rings. The molecule has 1 atom stereocenters. The fourth-order valence-electron chi connectivity index (χ4n) is 1.15. The van der Waals surface area contributed by atoms with Crippen molar-refractivity contribution in [2.45, 2.75) is 13.0 Å². The van der Waals surface area contributed by atoms with Gasteiger partial charge in [0.25, 0.3) is 0 Å².